The number of nitrogens with one attached hydrogen (secondary N) is 1. The zero-order chi connectivity index (χ0) is 18.2. The summed E-state index contributed by atoms with van der Waals surface area (Å²) in [7, 11) is 4.69. The number of methoxy groups -OCH3 is 3. The molecule has 0 spiro atoms. The summed E-state index contributed by atoms with van der Waals surface area (Å²) >= 11 is 3.50. The topological polar surface area (TPSA) is 56.8 Å². The van der Waals surface area contributed by atoms with E-state index in [1.54, 1.807) is 21.3 Å². The van der Waals surface area contributed by atoms with Crippen molar-refractivity contribution in [1.82, 2.24) is 5.32 Å². The highest BCUT2D eigenvalue weighted by Crippen LogP contribution is 2.38. The van der Waals surface area contributed by atoms with Crippen LogP contribution in [-0.2, 0) is 17.8 Å². The maximum absolute atomic E-state index is 12.1. The lowest BCUT2D eigenvalue weighted by atomic mass is 10.1. The van der Waals surface area contributed by atoms with Crippen molar-refractivity contribution in [3.05, 3.63) is 52.0 Å². The van der Waals surface area contributed by atoms with Crippen molar-refractivity contribution in [3.63, 3.8) is 0 Å². The Morgan fingerprint density at radius 3 is 2.24 bits per heavy atom. The Morgan fingerprint density at radius 2 is 1.68 bits per heavy atom. The Hall–Kier alpha value is -2.21. The van der Waals surface area contributed by atoms with Crippen molar-refractivity contribution in [3.8, 4) is 17.2 Å². The molecule has 25 heavy (non-hydrogen) atoms. The average Bonchev–Trinajstić information content (AvgIpc) is 2.64. The van der Waals surface area contributed by atoms with Crippen molar-refractivity contribution in [2.45, 2.75) is 19.4 Å². The van der Waals surface area contributed by atoms with Crippen LogP contribution in [0.4, 0.5) is 0 Å². The highest BCUT2D eigenvalue weighted by Gasteiger charge is 2.13. The molecule has 0 aliphatic rings. The van der Waals surface area contributed by atoms with Crippen LogP contribution in [0.2, 0.25) is 0 Å². The molecule has 2 rings (SSSR count). The summed E-state index contributed by atoms with van der Waals surface area (Å²) < 4.78 is 17.0. The molecule has 1 N–H and O–H groups in total. The molecule has 0 bridgehead atoms. The van der Waals surface area contributed by atoms with Gasteiger partial charge >= 0.3 is 0 Å². The van der Waals surface area contributed by atoms with Crippen LogP contribution in [0.25, 0.3) is 0 Å². The second-order valence-electron chi connectivity index (χ2n) is 5.40. The lowest BCUT2D eigenvalue weighted by Gasteiger charge is -2.14. The molecular weight excluding hydrogens is 386 g/mol. The lowest BCUT2D eigenvalue weighted by molar-refractivity contribution is -0.121. The van der Waals surface area contributed by atoms with Crippen LogP contribution >= 0.6 is 15.9 Å². The van der Waals surface area contributed by atoms with E-state index >= 15 is 0 Å². The summed E-state index contributed by atoms with van der Waals surface area (Å²) in [5, 5.41) is 2.92. The maximum atomic E-state index is 12.1. The number of aryl methyl sites for hydroxylation is 1. The van der Waals surface area contributed by atoms with E-state index in [1.807, 2.05) is 36.4 Å². The zero-order valence-electron chi connectivity index (χ0n) is 14.6. The van der Waals surface area contributed by atoms with E-state index in [-0.39, 0.29) is 5.91 Å². The molecule has 2 aromatic carbocycles. The third-order valence-corrected chi connectivity index (χ3v) is 4.57. The van der Waals surface area contributed by atoms with Gasteiger partial charge in [0.15, 0.2) is 11.5 Å². The highest BCUT2D eigenvalue weighted by molar-refractivity contribution is 9.10. The van der Waals surface area contributed by atoms with E-state index in [4.69, 9.17) is 14.2 Å². The van der Waals surface area contributed by atoms with Crippen molar-refractivity contribution < 1.29 is 19.0 Å². The quantitative estimate of drug-likeness (QED) is 0.724. The van der Waals surface area contributed by atoms with Gasteiger partial charge in [0.2, 0.25) is 11.7 Å². The number of hydrogen-bond acceptors (Lipinski definition) is 4. The number of benzene rings is 2. The maximum Gasteiger partial charge on any atom is 0.220 e. The fraction of sp³-hybridized carbons (Fsp3) is 0.316. The fourth-order valence-corrected chi connectivity index (χ4v) is 2.96. The van der Waals surface area contributed by atoms with Crippen LogP contribution in [0, 0.1) is 0 Å². The van der Waals surface area contributed by atoms with Crippen LogP contribution in [0.3, 0.4) is 0 Å². The highest BCUT2D eigenvalue weighted by atomic mass is 79.9. The van der Waals surface area contributed by atoms with E-state index in [0.717, 1.165) is 15.6 Å². The lowest BCUT2D eigenvalue weighted by Crippen LogP contribution is -2.23. The van der Waals surface area contributed by atoms with E-state index in [1.165, 1.54) is 0 Å². The van der Waals surface area contributed by atoms with Gasteiger partial charge in [0, 0.05) is 17.4 Å². The molecule has 2 aromatic rings. The summed E-state index contributed by atoms with van der Waals surface area (Å²) in [6.45, 7) is 0.394. The van der Waals surface area contributed by atoms with Gasteiger partial charge in [0.1, 0.15) is 0 Å². The second kappa shape index (κ2) is 9.32. The SMILES string of the molecule is COc1cc(CNC(=O)CCc2ccccc2Br)cc(OC)c1OC. The summed E-state index contributed by atoms with van der Waals surface area (Å²) in [5.74, 6) is 1.66. The van der Waals surface area contributed by atoms with Crippen molar-refractivity contribution in [2.75, 3.05) is 21.3 Å². The van der Waals surface area contributed by atoms with E-state index in [9.17, 15) is 4.79 Å². The Bertz CT molecular complexity index is 708. The fourth-order valence-electron chi connectivity index (χ4n) is 2.48. The van der Waals surface area contributed by atoms with Gasteiger partial charge in [-0.2, -0.15) is 0 Å². The molecular formula is C19H22BrNO4. The smallest absolute Gasteiger partial charge is 0.220 e. The molecule has 0 atom stereocenters. The Labute approximate surface area is 156 Å². The standard InChI is InChI=1S/C19H22BrNO4/c1-23-16-10-13(11-17(24-2)19(16)25-3)12-21-18(22)9-8-14-6-4-5-7-15(14)20/h4-7,10-11H,8-9,12H2,1-3H3,(H,21,22). The first kappa shape index (κ1) is 19.1. The summed E-state index contributed by atoms with van der Waals surface area (Å²) in [6, 6.07) is 11.6. The summed E-state index contributed by atoms with van der Waals surface area (Å²) in [6.07, 6.45) is 1.11. The van der Waals surface area contributed by atoms with Crippen molar-refractivity contribution >= 4 is 21.8 Å². The molecule has 6 heteroatoms. The molecule has 0 fully saturated rings. The van der Waals surface area contributed by atoms with Crippen LogP contribution in [0.15, 0.2) is 40.9 Å². The minimum absolute atomic E-state index is 0.00972. The number of ether oxygens (including phenoxy) is 3. The molecule has 0 unspecified atom stereocenters. The normalized spacial score (nSPS) is 10.2. The second-order valence-corrected chi connectivity index (χ2v) is 6.26. The van der Waals surface area contributed by atoms with Gasteiger partial charge in [-0.15, -0.1) is 0 Å². The number of rotatable bonds is 8. The molecule has 0 saturated heterocycles. The van der Waals surface area contributed by atoms with Crippen LogP contribution in [0.1, 0.15) is 17.5 Å². The number of carbonyl (C=O) groups excluding carboxylic acids is 1. The first-order chi connectivity index (χ1) is 12.1. The van der Waals surface area contributed by atoms with Crippen molar-refractivity contribution in [2.24, 2.45) is 0 Å². The van der Waals surface area contributed by atoms with E-state index in [2.05, 4.69) is 21.2 Å². The molecule has 0 heterocycles. The molecule has 0 aromatic heterocycles. The van der Waals surface area contributed by atoms with E-state index < -0.39 is 0 Å². The number of halogens is 1. The minimum Gasteiger partial charge on any atom is -0.493 e. The molecule has 0 aliphatic heterocycles. The summed E-state index contributed by atoms with van der Waals surface area (Å²) in [4.78, 5) is 12.1. The van der Waals surface area contributed by atoms with Gasteiger partial charge in [-0.25, -0.2) is 0 Å². The van der Waals surface area contributed by atoms with Gasteiger partial charge < -0.3 is 19.5 Å². The Kier molecular flexibility index (Phi) is 7.13. The Balaban J connectivity index is 1.96. The van der Waals surface area contributed by atoms with Gasteiger partial charge in [-0.3, -0.25) is 4.79 Å². The number of carbonyl (C=O) groups is 1. The van der Waals surface area contributed by atoms with Gasteiger partial charge in [-0.1, -0.05) is 34.1 Å². The van der Waals surface area contributed by atoms with Crippen LogP contribution < -0.4 is 19.5 Å². The minimum atomic E-state index is -0.00972. The van der Waals surface area contributed by atoms with Crippen LogP contribution in [-0.4, -0.2) is 27.2 Å². The van der Waals surface area contributed by atoms with E-state index in [0.29, 0.717) is 36.6 Å². The molecule has 5 nitrogen and oxygen atoms in total. The van der Waals surface area contributed by atoms with Gasteiger partial charge in [0.25, 0.3) is 0 Å². The largest absolute Gasteiger partial charge is 0.493 e. The van der Waals surface area contributed by atoms with Crippen molar-refractivity contribution in [1.29, 1.82) is 0 Å². The average molecular weight is 408 g/mol. The third-order valence-electron chi connectivity index (χ3n) is 3.79. The van der Waals surface area contributed by atoms with Crippen LogP contribution in [0.5, 0.6) is 17.2 Å². The third kappa shape index (κ3) is 5.13. The first-order valence-electron chi connectivity index (χ1n) is 7.88. The Morgan fingerprint density at radius 1 is 1.04 bits per heavy atom. The zero-order valence-corrected chi connectivity index (χ0v) is 16.2. The molecule has 0 aliphatic carbocycles. The van der Waals surface area contributed by atoms with Gasteiger partial charge in [0.05, 0.1) is 21.3 Å². The molecule has 0 radical (unpaired) electrons. The predicted molar refractivity (Wildman–Crippen MR) is 100 cm³/mol. The number of hydrogen-bond donors (Lipinski definition) is 1. The molecule has 1 amide bonds. The molecule has 0 saturated carbocycles. The number of amides is 1. The molecule has 134 valence electrons. The first-order valence-corrected chi connectivity index (χ1v) is 8.67. The van der Waals surface area contributed by atoms with Gasteiger partial charge in [-0.05, 0) is 35.7 Å². The monoisotopic (exact) mass is 407 g/mol. The summed E-state index contributed by atoms with van der Waals surface area (Å²) in [5.41, 5.74) is 1.99. The predicted octanol–water partition coefficient (Wildman–Crippen LogP) is 3.72.